The first-order valence-electron chi connectivity index (χ1n) is 9.14. The Morgan fingerprint density at radius 3 is 2.09 bits per heavy atom. The highest BCUT2D eigenvalue weighted by molar-refractivity contribution is 7.92. The summed E-state index contributed by atoms with van der Waals surface area (Å²) in [4.78, 5) is 23.8. The fourth-order valence-electron chi connectivity index (χ4n) is 2.88. The van der Waals surface area contributed by atoms with E-state index in [1.165, 1.54) is 66.7 Å². The lowest BCUT2D eigenvalue weighted by Gasteiger charge is -2.11. The summed E-state index contributed by atoms with van der Waals surface area (Å²) in [6.45, 7) is 0. The second-order valence-corrected chi connectivity index (χ2v) is 11.0. The Labute approximate surface area is 195 Å². The van der Waals surface area contributed by atoms with Crippen molar-refractivity contribution in [3.8, 4) is 0 Å². The number of rotatable bonds is 7. The normalized spacial score (nSPS) is 11.6. The van der Waals surface area contributed by atoms with E-state index in [0.717, 1.165) is 6.26 Å². The molecule has 3 aromatic rings. The van der Waals surface area contributed by atoms with Gasteiger partial charge in [-0.25, -0.2) is 21.6 Å². The lowest BCUT2D eigenvalue weighted by molar-refractivity contribution is 0.0692. The molecule has 0 heterocycles. The van der Waals surface area contributed by atoms with Gasteiger partial charge in [-0.2, -0.15) is 0 Å². The lowest BCUT2D eigenvalue weighted by Crippen LogP contribution is -2.16. The van der Waals surface area contributed by atoms with Gasteiger partial charge in [-0.05, 0) is 60.7 Å². The average Bonchev–Trinajstić information content (AvgIpc) is 2.73. The van der Waals surface area contributed by atoms with Crippen LogP contribution in [0.1, 0.15) is 20.7 Å². The van der Waals surface area contributed by atoms with E-state index in [0.29, 0.717) is 0 Å². The second-order valence-electron chi connectivity index (χ2n) is 6.88. The molecule has 12 heteroatoms. The van der Waals surface area contributed by atoms with Gasteiger partial charge in [-0.3, -0.25) is 9.52 Å². The van der Waals surface area contributed by atoms with E-state index in [-0.39, 0.29) is 37.3 Å². The Hall–Kier alpha value is -3.41. The third-order valence-electron chi connectivity index (χ3n) is 4.33. The Balaban J connectivity index is 1.89. The van der Waals surface area contributed by atoms with E-state index < -0.39 is 31.7 Å². The molecule has 0 aliphatic rings. The van der Waals surface area contributed by atoms with Crippen molar-refractivity contribution in [3.05, 3.63) is 82.9 Å². The van der Waals surface area contributed by atoms with Crippen molar-refractivity contribution >= 4 is 54.7 Å². The van der Waals surface area contributed by atoms with Gasteiger partial charge < -0.3 is 10.4 Å². The molecule has 0 aliphatic heterocycles. The largest absolute Gasteiger partial charge is 0.478 e. The molecule has 0 saturated carbocycles. The van der Waals surface area contributed by atoms with Crippen molar-refractivity contribution in [2.24, 2.45) is 0 Å². The third-order valence-corrected chi connectivity index (χ3v) is 6.94. The molecule has 3 N–H and O–H groups in total. The number of sulfonamides is 1. The fourth-order valence-corrected chi connectivity index (χ4v) is 4.93. The van der Waals surface area contributed by atoms with Crippen LogP contribution in [0.5, 0.6) is 0 Å². The number of hydrogen-bond acceptors (Lipinski definition) is 6. The molecule has 0 aliphatic carbocycles. The standard InChI is InChI=1S/C21H17ClN2O7S2/c1-32(28,29)24-14-6-8-16(9-7-14)33(30,31)17-4-2-3-15(12-17)23-20(25)19-11-13(22)5-10-18(19)21(26)27/h2-12,24H,1H3,(H,23,25)(H,26,27). The van der Waals surface area contributed by atoms with Gasteiger partial charge in [-0.1, -0.05) is 17.7 Å². The van der Waals surface area contributed by atoms with Crippen LogP contribution < -0.4 is 10.0 Å². The summed E-state index contributed by atoms with van der Waals surface area (Å²) in [6.07, 6.45) is 0.972. The first kappa shape index (κ1) is 24.2. The summed E-state index contributed by atoms with van der Waals surface area (Å²) >= 11 is 5.88. The SMILES string of the molecule is CS(=O)(=O)Nc1ccc(S(=O)(=O)c2cccc(NC(=O)c3cc(Cl)ccc3C(=O)O)c2)cc1. The number of aromatic carboxylic acids is 1. The Morgan fingerprint density at radius 2 is 1.48 bits per heavy atom. The van der Waals surface area contributed by atoms with Crippen LogP contribution in [-0.4, -0.2) is 40.1 Å². The minimum absolute atomic E-state index is 0.0898. The van der Waals surface area contributed by atoms with Crippen molar-refractivity contribution < 1.29 is 31.5 Å². The van der Waals surface area contributed by atoms with Crippen LogP contribution in [0.15, 0.2) is 76.5 Å². The van der Waals surface area contributed by atoms with Crippen LogP contribution in [0.3, 0.4) is 0 Å². The highest BCUT2D eigenvalue weighted by Gasteiger charge is 2.20. The maximum absolute atomic E-state index is 13.0. The fraction of sp³-hybridized carbons (Fsp3) is 0.0476. The molecule has 0 fully saturated rings. The molecule has 172 valence electrons. The van der Waals surface area contributed by atoms with Gasteiger partial charge in [0.15, 0.2) is 0 Å². The summed E-state index contributed by atoms with van der Waals surface area (Å²) in [5.41, 5.74) is -0.123. The molecule has 3 rings (SSSR count). The highest BCUT2D eigenvalue weighted by atomic mass is 35.5. The van der Waals surface area contributed by atoms with Crippen molar-refractivity contribution in [2.45, 2.75) is 9.79 Å². The van der Waals surface area contributed by atoms with Crippen LogP contribution in [0.4, 0.5) is 11.4 Å². The number of carbonyl (C=O) groups is 2. The van der Waals surface area contributed by atoms with E-state index in [1.807, 2.05) is 0 Å². The molecule has 0 radical (unpaired) electrons. The van der Waals surface area contributed by atoms with Gasteiger partial charge in [0.05, 0.1) is 27.2 Å². The molecule has 33 heavy (non-hydrogen) atoms. The Kier molecular flexibility index (Phi) is 6.77. The molecule has 0 saturated heterocycles. The smallest absolute Gasteiger partial charge is 0.336 e. The zero-order valence-electron chi connectivity index (χ0n) is 16.9. The van der Waals surface area contributed by atoms with E-state index >= 15 is 0 Å². The molecule has 0 aromatic heterocycles. The van der Waals surface area contributed by atoms with Crippen molar-refractivity contribution in [1.29, 1.82) is 0 Å². The van der Waals surface area contributed by atoms with Crippen LogP contribution in [0.2, 0.25) is 5.02 Å². The number of halogens is 1. The van der Waals surface area contributed by atoms with Crippen LogP contribution >= 0.6 is 11.6 Å². The molecule has 1 amide bonds. The van der Waals surface area contributed by atoms with Gasteiger partial charge in [0.1, 0.15) is 0 Å². The monoisotopic (exact) mass is 508 g/mol. The summed E-state index contributed by atoms with van der Waals surface area (Å²) in [5, 5.41) is 11.9. The summed E-state index contributed by atoms with van der Waals surface area (Å²) in [6, 6.07) is 14.3. The molecule has 0 spiro atoms. The van der Waals surface area contributed by atoms with Gasteiger partial charge in [0.25, 0.3) is 5.91 Å². The number of carboxylic acid groups (broad SMARTS) is 1. The first-order valence-corrected chi connectivity index (χ1v) is 12.9. The quantitative estimate of drug-likeness (QED) is 0.442. The first-order chi connectivity index (χ1) is 15.4. The number of anilines is 2. The minimum atomic E-state index is -3.99. The van der Waals surface area contributed by atoms with Crippen LogP contribution in [-0.2, 0) is 19.9 Å². The summed E-state index contributed by atoms with van der Waals surface area (Å²) in [5.74, 6) is -2.09. The average molecular weight is 509 g/mol. The number of carboxylic acids is 1. The van der Waals surface area contributed by atoms with E-state index in [4.69, 9.17) is 11.6 Å². The number of nitrogens with one attached hydrogen (secondary N) is 2. The number of benzene rings is 3. The predicted molar refractivity (Wildman–Crippen MR) is 123 cm³/mol. The van der Waals surface area contributed by atoms with Crippen molar-refractivity contribution in [1.82, 2.24) is 0 Å². The molecule has 0 unspecified atom stereocenters. The third kappa shape index (κ3) is 5.89. The van der Waals surface area contributed by atoms with Crippen molar-refractivity contribution in [2.75, 3.05) is 16.3 Å². The zero-order chi connectivity index (χ0) is 24.4. The van der Waals surface area contributed by atoms with E-state index in [9.17, 15) is 31.5 Å². The Morgan fingerprint density at radius 1 is 0.818 bits per heavy atom. The number of amides is 1. The number of sulfone groups is 1. The van der Waals surface area contributed by atoms with Gasteiger partial charge in [0, 0.05) is 16.4 Å². The molecule has 9 nitrogen and oxygen atoms in total. The van der Waals surface area contributed by atoms with Gasteiger partial charge in [-0.15, -0.1) is 0 Å². The van der Waals surface area contributed by atoms with Crippen LogP contribution in [0.25, 0.3) is 0 Å². The van der Waals surface area contributed by atoms with E-state index in [2.05, 4.69) is 10.0 Å². The molecule has 0 atom stereocenters. The summed E-state index contributed by atoms with van der Waals surface area (Å²) in [7, 11) is -7.51. The molecular formula is C21H17ClN2O7S2. The molecular weight excluding hydrogens is 492 g/mol. The highest BCUT2D eigenvalue weighted by Crippen LogP contribution is 2.25. The van der Waals surface area contributed by atoms with Crippen LogP contribution in [0, 0.1) is 0 Å². The van der Waals surface area contributed by atoms with Crippen molar-refractivity contribution in [3.63, 3.8) is 0 Å². The molecule has 0 bridgehead atoms. The topological polar surface area (TPSA) is 147 Å². The lowest BCUT2D eigenvalue weighted by atomic mass is 10.1. The second kappa shape index (κ2) is 9.22. The maximum Gasteiger partial charge on any atom is 0.336 e. The van der Waals surface area contributed by atoms with Gasteiger partial charge in [0.2, 0.25) is 19.9 Å². The maximum atomic E-state index is 13.0. The van der Waals surface area contributed by atoms with Gasteiger partial charge >= 0.3 is 5.97 Å². The molecule has 3 aromatic carbocycles. The predicted octanol–water partition coefficient (Wildman–Crippen LogP) is 3.49. The number of carbonyl (C=O) groups excluding carboxylic acids is 1. The summed E-state index contributed by atoms with van der Waals surface area (Å²) < 4.78 is 50.8. The Bertz CT molecular complexity index is 1450. The van der Waals surface area contributed by atoms with E-state index in [1.54, 1.807) is 0 Å². The zero-order valence-corrected chi connectivity index (χ0v) is 19.3. The minimum Gasteiger partial charge on any atom is -0.478 e. The number of hydrogen-bond donors (Lipinski definition) is 3.